The van der Waals surface area contributed by atoms with Gasteiger partial charge in [-0.2, -0.15) is 0 Å². The summed E-state index contributed by atoms with van der Waals surface area (Å²) in [6, 6.07) is 11.8. The zero-order chi connectivity index (χ0) is 10.7. The topological polar surface area (TPSA) is 48.1 Å². The van der Waals surface area contributed by atoms with Gasteiger partial charge < -0.3 is 10.5 Å². The SMILES string of the molecule is COC=C(N)c1ccc2ccccc2n1. The number of hydrogen-bond donors (Lipinski definition) is 1. The highest BCUT2D eigenvalue weighted by atomic mass is 16.5. The highest BCUT2D eigenvalue weighted by Crippen LogP contribution is 2.14. The molecule has 0 amide bonds. The lowest BCUT2D eigenvalue weighted by Crippen LogP contribution is -1.99. The number of hydrogen-bond acceptors (Lipinski definition) is 3. The van der Waals surface area contributed by atoms with Crippen molar-refractivity contribution in [3.8, 4) is 0 Å². The number of benzene rings is 1. The number of pyridine rings is 1. The fourth-order valence-electron chi connectivity index (χ4n) is 1.41. The number of nitrogens with two attached hydrogens (primary N) is 1. The van der Waals surface area contributed by atoms with Crippen molar-refractivity contribution < 1.29 is 4.74 Å². The molecule has 0 fully saturated rings. The Labute approximate surface area is 88.2 Å². The van der Waals surface area contributed by atoms with Crippen molar-refractivity contribution in [3.05, 3.63) is 48.4 Å². The van der Waals surface area contributed by atoms with E-state index in [0.29, 0.717) is 5.70 Å². The van der Waals surface area contributed by atoms with Crippen LogP contribution in [0.5, 0.6) is 0 Å². The number of para-hydroxylation sites is 1. The molecule has 0 aliphatic carbocycles. The van der Waals surface area contributed by atoms with Crippen LogP contribution in [0.3, 0.4) is 0 Å². The average molecular weight is 200 g/mol. The van der Waals surface area contributed by atoms with E-state index in [-0.39, 0.29) is 0 Å². The molecule has 2 rings (SSSR count). The fraction of sp³-hybridized carbons (Fsp3) is 0.0833. The van der Waals surface area contributed by atoms with Gasteiger partial charge in [-0.15, -0.1) is 0 Å². The maximum absolute atomic E-state index is 5.77. The summed E-state index contributed by atoms with van der Waals surface area (Å²) in [6.07, 6.45) is 1.48. The molecule has 0 unspecified atom stereocenters. The highest BCUT2D eigenvalue weighted by Gasteiger charge is 2.00. The van der Waals surface area contributed by atoms with Crippen LogP contribution in [0.15, 0.2) is 42.7 Å². The van der Waals surface area contributed by atoms with Crippen LogP contribution in [0.25, 0.3) is 16.6 Å². The van der Waals surface area contributed by atoms with E-state index in [4.69, 9.17) is 10.5 Å². The minimum absolute atomic E-state index is 0.531. The van der Waals surface area contributed by atoms with Gasteiger partial charge in [-0.25, -0.2) is 4.98 Å². The molecule has 3 heteroatoms. The van der Waals surface area contributed by atoms with Gasteiger partial charge in [0.25, 0.3) is 0 Å². The van der Waals surface area contributed by atoms with Crippen molar-refractivity contribution >= 4 is 16.6 Å². The van der Waals surface area contributed by atoms with Crippen molar-refractivity contribution in [1.29, 1.82) is 0 Å². The summed E-state index contributed by atoms with van der Waals surface area (Å²) in [6.45, 7) is 0. The van der Waals surface area contributed by atoms with Crippen molar-refractivity contribution in [2.45, 2.75) is 0 Å². The first-order chi connectivity index (χ1) is 7.31. The van der Waals surface area contributed by atoms with E-state index in [9.17, 15) is 0 Å². The largest absolute Gasteiger partial charge is 0.502 e. The summed E-state index contributed by atoms with van der Waals surface area (Å²) < 4.78 is 4.84. The van der Waals surface area contributed by atoms with E-state index in [1.807, 2.05) is 36.4 Å². The molecule has 0 aliphatic rings. The second-order valence-corrected chi connectivity index (χ2v) is 3.20. The third-order valence-electron chi connectivity index (χ3n) is 2.14. The lowest BCUT2D eigenvalue weighted by atomic mass is 10.2. The molecule has 3 nitrogen and oxygen atoms in total. The molecule has 76 valence electrons. The number of fused-ring (bicyclic) bond motifs is 1. The zero-order valence-electron chi connectivity index (χ0n) is 8.47. The molecule has 1 heterocycles. The second kappa shape index (κ2) is 4.00. The predicted octanol–water partition coefficient (Wildman–Crippen LogP) is 2.14. The van der Waals surface area contributed by atoms with E-state index in [1.165, 1.54) is 6.26 Å². The minimum atomic E-state index is 0.531. The standard InChI is InChI=1S/C12H12N2O/c1-15-8-10(13)12-7-6-9-4-2-3-5-11(9)14-12/h2-8H,13H2,1H3. The lowest BCUT2D eigenvalue weighted by molar-refractivity contribution is 0.339. The van der Waals surface area contributed by atoms with Gasteiger partial charge in [-0.05, 0) is 12.1 Å². The fourth-order valence-corrected chi connectivity index (χ4v) is 1.41. The molecular weight excluding hydrogens is 188 g/mol. The Morgan fingerprint density at radius 2 is 2.07 bits per heavy atom. The molecule has 2 aromatic rings. The van der Waals surface area contributed by atoms with Crippen molar-refractivity contribution in [2.24, 2.45) is 5.73 Å². The summed E-state index contributed by atoms with van der Waals surface area (Å²) in [7, 11) is 1.56. The van der Waals surface area contributed by atoms with Crippen LogP contribution in [0.4, 0.5) is 0 Å². The van der Waals surface area contributed by atoms with Crippen LogP contribution >= 0.6 is 0 Å². The summed E-state index contributed by atoms with van der Waals surface area (Å²) in [4.78, 5) is 4.42. The molecule has 0 aliphatic heterocycles. The van der Waals surface area contributed by atoms with Gasteiger partial charge in [-0.1, -0.05) is 24.3 Å². The highest BCUT2D eigenvalue weighted by molar-refractivity contribution is 5.80. The first-order valence-corrected chi connectivity index (χ1v) is 4.66. The maximum atomic E-state index is 5.77. The summed E-state index contributed by atoms with van der Waals surface area (Å²) >= 11 is 0. The Hall–Kier alpha value is -2.03. The van der Waals surface area contributed by atoms with Crippen LogP contribution in [-0.4, -0.2) is 12.1 Å². The van der Waals surface area contributed by atoms with Crippen LogP contribution in [0, 0.1) is 0 Å². The molecule has 15 heavy (non-hydrogen) atoms. The number of methoxy groups -OCH3 is 1. The Morgan fingerprint density at radius 3 is 2.87 bits per heavy atom. The molecular formula is C12H12N2O. The minimum Gasteiger partial charge on any atom is -0.502 e. The predicted molar refractivity (Wildman–Crippen MR) is 60.9 cm³/mol. The number of aromatic nitrogens is 1. The van der Waals surface area contributed by atoms with Crippen LogP contribution < -0.4 is 5.73 Å². The number of nitrogens with zero attached hydrogens (tertiary/aromatic N) is 1. The zero-order valence-corrected chi connectivity index (χ0v) is 8.47. The van der Waals surface area contributed by atoms with Crippen LogP contribution in [-0.2, 0) is 4.74 Å². The molecule has 1 aromatic heterocycles. The number of rotatable bonds is 2. The third kappa shape index (κ3) is 1.91. The van der Waals surface area contributed by atoms with Crippen molar-refractivity contribution in [3.63, 3.8) is 0 Å². The third-order valence-corrected chi connectivity index (χ3v) is 2.14. The quantitative estimate of drug-likeness (QED) is 0.755. The Balaban J connectivity index is 2.51. The summed E-state index contributed by atoms with van der Waals surface area (Å²) in [5.41, 5.74) is 7.97. The van der Waals surface area contributed by atoms with Crippen LogP contribution in [0.2, 0.25) is 0 Å². The molecule has 0 atom stereocenters. The van der Waals surface area contributed by atoms with Gasteiger partial charge in [0.05, 0.1) is 24.0 Å². The monoisotopic (exact) mass is 200 g/mol. The van der Waals surface area contributed by atoms with Gasteiger partial charge in [0.1, 0.15) is 6.26 Å². The van der Waals surface area contributed by atoms with Gasteiger partial charge in [0, 0.05) is 5.39 Å². The van der Waals surface area contributed by atoms with Gasteiger partial charge in [0.15, 0.2) is 0 Å². The van der Waals surface area contributed by atoms with Gasteiger partial charge in [-0.3, -0.25) is 0 Å². The average Bonchev–Trinajstić information content (AvgIpc) is 2.29. The van der Waals surface area contributed by atoms with E-state index in [0.717, 1.165) is 16.6 Å². The molecule has 0 saturated heterocycles. The Bertz CT molecular complexity index is 506. The molecule has 1 aromatic carbocycles. The Kier molecular flexibility index (Phi) is 2.54. The second-order valence-electron chi connectivity index (χ2n) is 3.20. The molecule has 0 saturated carbocycles. The van der Waals surface area contributed by atoms with E-state index in [2.05, 4.69) is 4.98 Å². The molecule has 0 bridgehead atoms. The lowest BCUT2D eigenvalue weighted by Gasteiger charge is -2.02. The van der Waals surface area contributed by atoms with E-state index >= 15 is 0 Å². The first-order valence-electron chi connectivity index (χ1n) is 4.66. The molecule has 2 N–H and O–H groups in total. The molecule has 0 spiro atoms. The smallest absolute Gasteiger partial charge is 0.108 e. The number of ether oxygens (including phenoxy) is 1. The molecule has 0 radical (unpaired) electrons. The summed E-state index contributed by atoms with van der Waals surface area (Å²) in [5, 5.41) is 1.10. The van der Waals surface area contributed by atoms with Gasteiger partial charge >= 0.3 is 0 Å². The van der Waals surface area contributed by atoms with Crippen molar-refractivity contribution in [1.82, 2.24) is 4.98 Å². The summed E-state index contributed by atoms with van der Waals surface area (Å²) in [5.74, 6) is 0. The van der Waals surface area contributed by atoms with Crippen molar-refractivity contribution in [2.75, 3.05) is 7.11 Å². The Morgan fingerprint density at radius 1 is 1.27 bits per heavy atom. The normalized spacial score (nSPS) is 11.7. The van der Waals surface area contributed by atoms with E-state index < -0.39 is 0 Å². The maximum Gasteiger partial charge on any atom is 0.108 e. The van der Waals surface area contributed by atoms with E-state index in [1.54, 1.807) is 7.11 Å². The van der Waals surface area contributed by atoms with Crippen LogP contribution in [0.1, 0.15) is 5.69 Å². The first kappa shape index (κ1) is 9.52. The van der Waals surface area contributed by atoms with Gasteiger partial charge in [0.2, 0.25) is 0 Å².